The second-order valence-corrected chi connectivity index (χ2v) is 12.1. The highest BCUT2D eigenvalue weighted by Crippen LogP contribution is 2.40. The van der Waals surface area contributed by atoms with Crippen LogP contribution in [-0.4, -0.2) is 60.3 Å². The molecular formula is C32H35N5O7S. The van der Waals surface area contributed by atoms with E-state index in [1.165, 1.54) is 5.56 Å². The summed E-state index contributed by atoms with van der Waals surface area (Å²) in [5.41, 5.74) is 5.91. The van der Waals surface area contributed by atoms with E-state index in [0.717, 1.165) is 33.7 Å². The van der Waals surface area contributed by atoms with Crippen molar-refractivity contribution in [2.24, 2.45) is 0 Å². The number of carbonyl (C=O) groups excluding carboxylic acids is 2. The number of nitrogens with zero attached hydrogens (tertiary/aromatic N) is 3. The molecule has 5 rings (SSSR count). The van der Waals surface area contributed by atoms with Crippen LogP contribution in [0.4, 0.5) is 16.2 Å². The van der Waals surface area contributed by atoms with Crippen molar-refractivity contribution in [3.8, 4) is 22.6 Å². The first-order chi connectivity index (χ1) is 21.6. The maximum absolute atomic E-state index is 13.3. The highest BCUT2D eigenvalue weighted by atomic mass is 32.2. The summed E-state index contributed by atoms with van der Waals surface area (Å²) in [6.45, 7) is 5.76. The normalized spacial score (nSPS) is 12.6. The van der Waals surface area contributed by atoms with E-state index in [-0.39, 0.29) is 5.91 Å². The van der Waals surface area contributed by atoms with Crippen LogP contribution in [0.2, 0.25) is 0 Å². The summed E-state index contributed by atoms with van der Waals surface area (Å²) in [5.74, 6) is 0.591. The van der Waals surface area contributed by atoms with Gasteiger partial charge in [0, 0.05) is 29.4 Å². The fourth-order valence-electron chi connectivity index (χ4n) is 5.01. The molecule has 0 spiro atoms. The minimum atomic E-state index is -4.33. The summed E-state index contributed by atoms with van der Waals surface area (Å²) in [6.07, 6.45) is 4.55. The summed E-state index contributed by atoms with van der Waals surface area (Å²) >= 11 is 0. The first-order valence-corrected chi connectivity index (χ1v) is 16.1. The van der Waals surface area contributed by atoms with E-state index in [1.54, 1.807) is 34.0 Å². The number of aromatic nitrogens is 2. The average molecular weight is 634 g/mol. The van der Waals surface area contributed by atoms with Crippen molar-refractivity contribution in [2.75, 3.05) is 35.9 Å². The maximum Gasteiger partial charge on any atom is 0.320 e. The van der Waals surface area contributed by atoms with Crippen LogP contribution < -0.4 is 25.0 Å². The van der Waals surface area contributed by atoms with Crippen LogP contribution in [0, 0.1) is 13.8 Å². The molecule has 0 saturated heterocycles. The molecule has 13 heteroatoms. The molecular weight excluding hydrogens is 598 g/mol. The van der Waals surface area contributed by atoms with E-state index < -0.39 is 22.0 Å². The van der Waals surface area contributed by atoms with E-state index in [4.69, 9.17) is 14.0 Å². The lowest BCUT2D eigenvalue weighted by Gasteiger charge is -2.31. The van der Waals surface area contributed by atoms with E-state index in [1.807, 2.05) is 62.5 Å². The van der Waals surface area contributed by atoms with Gasteiger partial charge < -0.3 is 25.0 Å². The summed E-state index contributed by atoms with van der Waals surface area (Å²) in [7, 11) is -4.33. The number of aryl methyl sites for hydroxylation is 1. The lowest BCUT2D eigenvalue weighted by molar-refractivity contribution is -0.119. The van der Waals surface area contributed by atoms with E-state index in [9.17, 15) is 18.0 Å². The van der Waals surface area contributed by atoms with Crippen molar-refractivity contribution in [2.45, 2.75) is 33.2 Å². The van der Waals surface area contributed by atoms with Crippen molar-refractivity contribution >= 4 is 33.4 Å². The van der Waals surface area contributed by atoms with Gasteiger partial charge in [0.25, 0.3) is 10.1 Å². The predicted octanol–water partition coefficient (Wildman–Crippen LogP) is 4.77. The number of carbonyl (C=O) groups is 2. The zero-order valence-corrected chi connectivity index (χ0v) is 25.8. The van der Waals surface area contributed by atoms with Crippen LogP contribution in [-0.2, 0) is 21.5 Å². The van der Waals surface area contributed by atoms with Crippen LogP contribution in [0.25, 0.3) is 11.1 Å². The number of anilines is 2. The minimum absolute atomic E-state index is 0.0112. The quantitative estimate of drug-likeness (QED) is 0.158. The molecule has 3 amide bonds. The average Bonchev–Trinajstić information content (AvgIpc) is 3.47. The molecule has 45 heavy (non-hydrogen) atoms. The van der Waals surface area contributed by atoms with E-state index >= 15 is 0 Å². The number of fused-ring (bicyclic) bond motifs is 1. The molecule has 0 radical (unpaired) electrons. The largest absolute Gasteiger partial charge is 0.493 e. The van der Waals surface area contributed by atoms with Gasteiger partial charge in [-0.3, -0.25) is 14.0 Å². The van der Waals surface area contributed by atoms with Gasteiger partial charge in [-0.2, -0.15) is 13.5 Å². The van der Waals surface area contributed by atoms with Gasteiger partial charge in [0.1, 0.15) is 18.2 Å². The topological polar surface area (TPSA) is 152 Å². The number of benzene rings is 3. The van der Waals surface area contributed by atoms with Crippen LogP contribution in [0.15, 0.2) is 73.1 Å². The van der Waals surface area contributed by atoms with Gasteiger partial charge in [0.05, 0.1) is 31.6 Å². The Balaban J connectivity index is 1.21. The Morgan fingerprint density at radius 1 is 1.09 bits per heavy atom. The fourth-order valence-corrected chi connectivity index (χ4v) is 5.33. The second kappa shape index (κ2) is 13.8. The van der Waals surface area contributed by atoms with Crippen molar-refractivity contribution < 1.29 is 32.0 Å². The number of rotatable bonds is 11. The maximum atomic E-state index is 13.3. The predicted molar refractivity (Wildman–Crippen MR) is 170 cm³/mol. The molecule has 4 aromatic rings. The van der Waals surface area contributed by atoms with Crippen molar-refractivity contribution in [1.82, 2.24) is 15.1 Å². The van der Waals surface area contributed by atoms with Gasteiger partial charge in [0.2, 0.25) is 5.91 Å². The van der Waals surface area contributed by atoms with Crippen LogP contribution in [0.1, 0.15) is 29.5 Å². The number of hydrogen-bond donors (Lipinski definition) is 3. The standard InChI is InChI=1S/C32H35N5O7S/c1-22-7-3-12-29(23(22)2)43-15-6-13-30(38)37-14-16-44-31-27(10-5-11-28(31)37)25-18-34-36(20-25)19-24-8-4-9-26(17-24)35-32(39)33-21-45(40,41)42/h3-5,7-12,17-18,20H,6,13-16,19,21H2,1-2H3,(H2,33,35,39)(H,40,41,42). The number of amides is 3. The molecule has 12 nitrogen and oxygen atoms in total. The minimum Gasteiger partial charge on any atom is -0.493 e. The third kappa shape index (κ3) is 8.19. The van der Waals surface area contributed by atoms with Gasteiger partial charge >= 0.3 is 6.03 Å². The summed E-state index contributed by atoms with van der Waals surface area (Å²) in [5, 5.41) is 9.10. The molecule has 0 fully saturated rings. The lowest BCUT2D eigenvalue weighted by atomic mass is 10.1. The number of para-hydroxylation sites is 1. The van der Waals surface area contributed by atoms with Gasteiger partial charge in [-0.05, 0) is 61.2 Å². The first-order valence-electron chi connectivity index (χ1n) is 14.4. The summed E-state index contributed by atoms with van der Waals surface area (Å²) in [6, 6.07) is 17.9. The summed E-state index contributed by atoms with van der Waals surface area (Å²) < 4.78 is 44.3. The molecule has 3 aromatic carbocycles. The van der Waals surface area contributed by atoms with Crippen LogP contribution in [0.5, 0.6) is 11.5 Å². The van der Waals surface area contributed by atoms with E-state index in [0.29, 0.717) is 50.6 Å². The molecule has 1 aliphatic heterocycles. The van der Waals surface area contributed by atoms with Gasteiger partial charge in [0.15, 0.2) is 5.75 Å². The number of hydrogen-bond acceptors (Lipinski definition) is 7. The highest BCUT2D eigenvalue weighted by molar-refractivity contribution is 7.85. The third-order valence-corrected chi connectivity index (χ3v) is 7.89. The Labute approximate surface area is 261 Å². The molecule has 0 atom stereocenters. The van der Waals surface area contributed by atoms with Gasteiger partial charge in [-0.15, -0.1) is 0 Å². The molecule has 0 unspecified atom stereocenters. The number of ether oxygens (including phenoxy) is 2. The van der Waals surface area contributed by atoms with Gasteiger partial charge in [-0.1, -0.05) is 36.4 Å². The molecule has 0 aliphatic carbocycles. The van der Waals surface area contributed by atoms with Crippen molar-refractivity contribution in [1.29, 1.82) is 0 Å². The number of urea groups is 1. The molecule has 3 N–H and O–H groups in total. The Morgan fingerprint density at radius 2 is 1.89 bits per heavy atom. The fraction of sp³-hybridized carbons (Fsp3) is 0.281. The molecule has 1 aliphatic rings. The Morgan fingerprint density at radius 3 is 2.71 bits per heavy atom. The SMILES string of the molecule is Cc1cccc(OCCCC(=O)N2CCOc3c(-c4cnn(Cc5cccc(NC(=O)NCS(=O)(=O)O)c5)c4)cccc32)c1C. The molecule has 2 heterocycles. The zero-order valence-electron chi connectivity index (χ0n) is 25.0. The summed E-state index contributed by atoms with van der Waals surface area (Å²) in [4.78, 5) is 27.0. The molecule has 0 bridgehead atoms. The Kier molecular flexibility index (Phi) is 9.69. The molecule has 1 aromatic heterocycles. The monoisotopic (exact) mass is 633 g/mol. The molecule has 0 saturated carbocycles. The first kappa shape index (κ1) is 31.5. The highest BCUT2D eigenvalue weighted by Gasteiger charge is 2.26. The van der Waals surface area contributed by atoms with Crippen LogP contribution >= 0.6 is 0 Å². The van der Waals surface area contributed by atoms with Crippen molar-refractivity contribution in [3.63, 3.8) is 0 Å². The van der Waals surface area contributed by atoms with Crippen molar-refractivity contribution in [3.05, 3.63) is 89.7 Å². The lowest BCUT2D eigenvalue weighted by Crippen LogP contribution is -2.38. The van der Waals surface area contributed by atoms with Crippen LogP contribution in [0.3, 0.4) is 0 Å². The smallest absolute Gasteiger partial charge is 0.320 e. The Hall–Kier alpha value is -4.88. The van der Waals surface area contributed by atoms with Gasteiger partial charge in [-0.25, -0.2) is 4.79 Å². The molecule has 236 valence electrons. The Bertz CT molecular complexity index is 1810. The third-order valence-electron chi connectivity index (χ3n) is 7.38. The second-order valence-electron chi connectivity index (χ2n) is 10.7. The zero-order chi connectivity index (χ0) is 32.0. The van der Waals surface area contributed by atoms with E-state index in [2.05, 4.69) is 15.7 Å². The number of nitrogens with one attached hydrogen (secondary N) is 2.